The minimum absolute atomic E-state index is 0.0261. The Morgan fingerprint density at radius 2 is 1.88 bits per heavy atom. The van der Waals surface area contributed by atoms with Crippen LogP contribution in [0.2, 0.25) is 0 Å². The summed E-state index contributed by atoms with van der Waals surface area (Å²) >= 11 is 0. The number of rotatable bonds is 9. The molecule has 5 N–H and O–H groups in total. The molecule has 4 rings (SSSR count). The Bertz CT molecular complexity index is 1270. The van der Waals surface area contributed by atoms with Crippen LogP contribution >= 0.6 is 0 Å². The molecular weight excluding hydrogens is 433 g/mol. The molecule has 0 fully saturated rings. The number of nitrogen functional groups attached to an aromatic ring is 1. The number of hydrogen-bond donors (Lipinski definition) is 4. The van der Waals surface area contributed by atoms with Crippen molar-refractivity contribution in [2.75, 3.05) is 19.0 Å². The molecule has 1 aromatic heterocycles. The van der Waals surface area contributed by atoms with E-state index < -0.39 is 11.9 Å². The number of aromatic amines is 1. The molecule has 34 heavy (non-hydrogen) atoms. The number of imidazole rings is 1. The van der Waals surface area contributed by atoms with Crippen molar-refractivity contribution in [3.8, 4) is 22.8 Å². The molecule has 4 aromatic rings. The Kier molecular flexibility index (Phi) is 6.77. The monoisotopic (exact) mass is 459 g/mol. The van der Waals surface area contributed by atoms with Crippen molar-refractivity contribution in [2.24, 2.45) is 5.73 Å². The van der Waals surface area contributed by atoms with Crippen LogP contribution in [0.1, 0.15) is 29.9 Å². The number of nitrogens with zero attached hydrogens (tertiary/aromatic N) is 1. The second-order valence-corrected chi connectivity index (χ2v) is 7.58. The van der Waals surface area contributed by atoms with E-state index in [9.17, 15) is 0 Å². The first kappa shape index (κ1) is 22.8. The molecule has 0 aliphatic carbocycles. The molecule has 0 amide bonds. The van der Waals surface area contributed by atoms with E-state index in [0.717, 1.165) is 11.3 Å². The van der Waals surface area contributed by atoms with Crippen LogP contribution < -0.4 is 20.5 Å². The molecule has 7 nitrogen and oxygen atoms in total. The Morgan fingerprint density at radius 3 is 2.53 bits per heavy atom. The second-order valence-electron chi connectivity index (χ2n) is 7.58. The average molecular weight is 460 g/mol. The van der Waals surface area contributed by atoms with Crippen LogP contribution in [0, 0.1) is 11.2 Å². The number of aromatic nitrogens is 2. The fourth-order valence-corrected chi connectivity index (χ4v) is 3.66. The molecule has 1 heterocycles. The zero-order valence-electron chi connectivity index (χ0n) is 18.9. The summed E-state index contributed by atoms with van der Waals surface area (Å²) in [6, 6.07) is 19.3. The van der Waals surface area contributed by atoms with E-state index in [4.69, 9.17) is 20.6 Å². The maximum Gasteiger partial charge on any atom is 0.171 e. The highest BCUT2D eigenvalue weighted by Crippen LogP contribution is 2.35. The van der Waals surface area contributed by atoms with Gasteiger partial charge in [0, 0.05) is 22.9 Å². The lowest BCUT2D eigenvalue weighted by Gasteiger charge is -2.21. The van der Waals surface area contributed by atoms with Crippen LogP contribution in [0.5, 0.6) is 11.5 Å². The summed E-state index contributed by atoms with van der Waals surface area (Å²) in [7, 11) is 1.42. The van der Waals surface area contributed by atoms with Crippen molar-refractivity contribution < 1.29 is 13.9 Å². The highest BCUT2D eigenvalue weighted by Gasteiger charge is 2.25. The molecule has 0 saturated carbocycles. The molecule has 0 aliphatic rings. The molecule has 1 atom stereocenters. The van der Waals surface area contributed by atoms with Gasteiger partial charge >= 0.3 is 0 Å². The third-order valence-electron chi connectivity index (χ3n) is 5.34. The van der Waals surface area contributed by atoms with E-state index in [0.29, 0.717) is 35.0 Å². The lowest BCUT2D eigenvalue weighted by Crippen LogP contribution is -2.17. The molecule has 0 spiro atoms. The van der Waals surface area contributed by atoms with E-state index in [1.54, 1.807) is 36.5 Å². The lowest BCUT2D eigenvalue weighted by molar-refractivity contribution is 0.331. The SMILES string of the molecule is CCOc1cc(OC)c(F)c(C(Nc2ccc(C(=N)N)cc2)c2ncc(-c3ccccc3)[nH]2)c1. The predicted octanol–water partition coefficient (Wildman–Crippen LogP) is 5.11. The van der Waals surface area contributed by atoms with Gasteiger partial charge in [0.05, 0.1) is 25.6 Å². The molecule has 1 unspecified atom stereocenters. The first-order valence-corrected chi connectivity index (χ1v) is 10.8. The highest BCUT2D eigenvalue weighted by atomic mass is 19.1. The van der Waals surface area contributed by atoms with Crippen LogP contribution in [-0.4, -0.2) is 29.5 Å². The van der Waals surface area contributed by atoms with Gasteiger partial charge in [0.2, 0.25) is 0 Å². The average Bonchev–Trinajstić information content (AvgIpc) is 3.35. The Morgan fingerprint density at radius 1 is 1.15 bits per heavy atom. The molecule has 174 valence electrons. The first-order valence-electron chi connectivity index (χ1n) is 10.8. The van der Waals surface area contributed by atoms with Gasteiger partial charge in [0.15, 0.2) is 11.6 Å². The number of ether oxygens (including phenoxy) is 2. The minimum atomic E-state index is -0.685. The summed E-state index contributed by atoms with van der Waals surface area (Å²) in [5, 5.41) is 10.9. The van der Waals surface area contributed by atoms with Gasteiger partial charge in [-0.3, -0.25) is 5.41 Å². The Balaban J connectivity index is 1.80. The normalized spacial score (nSPS) is 11.6. The standard InChI is InChI=1S/C26H26FN5O2/c1-3-34-19-13-20(23(27)22(14-19)33-2)24(31-18-11-9-17(10-12-18)25(28)29)26-30-15-21(32-26)16-7-5-4-6-8-16/h4-15,24,31H,3H2,1-2H3,(H3,28,29)(H,30,32). The lowest BCUT2D eigenvalue weighted by atomic mass is 10.0. The van der Waals surface area contributed by atoms with Crippen molar-refractivity contribution in [2.45, 2.75) is 13.0 Å². The highest BCUT2D eigenvalue weighted by molar-refractivity contribution is 5.95. The van der Waals surface area contributed by atoms with Crippen molar-refractivity contribution >= 4 is 11.5 Å². The smallest absolute Gasteiger partial charge is 0.171 e. The fourth-order valence-electron chi connectivity index (χ4n) is 3.66. The maximum absolute atomic E-state index is 15.5. The summed E-state index contributed by atoms with van der Waals surface area (Å²) in [6.07, 6.45) is 1.72. The van der Waals surface area contributed by atoms with Crippen molar-refractivity contribution in [1.29, 1.82) is 5.41 Å². The number of amidine groups is 1. The number of benzene rings is 3. The summed E-state index contributed by atoms with van der Waals surface area (Å²) in [5.41, 5.74) is 8.95. The molecule has 0 aliphatic heterocycles. The molecule has 0 saturated heterocycles. The van der Waals surface area contributed by atoms with Gasteiger partial charge in [-0.05, 0) is 42.8 Å². The number of nitrogens with two attached hydrogens (primary N) is 1. The van der Waals surface area contributed by atoms with Crippen LogP contribution in [0.3, 0.4) is 0 Å². The van der Waals surface area contributed by atoms with Gasteiger partial charge in [-0.15, -0.1) is 0 Å². The van der Waals surface area contributed by atoms with Gasteiger partial charge in [0.25, 0.3) is 0 Å². The van der Waals surface area contributed by atoms with Crippen LogP contribution in [-0.2, 0) is 0 Å². The molecule has 0 radical (unpaired) electrons. The third kappa shape index (κ3) is 4.85. The third-order valence-corrected chi connectivity index (χ3v) is 5.34. The largest absolute Gasteiger partial charge is 0.494 e. The number of methoxy groups -OCH3 is 1. The summed E-state index contributed by atoms with van der Waals surface area (Å²) in [4.78, 5) is 7.88. The summed E-state index contributed by atoms with van der Waals surface area (Å²) < 4.78 is 26.5. The number of halogens is 1. The summed E-state index contributed by atoms with van der Waals surface area (Å²) in [5.74, 6) is 0.547. The minimum Gasteiger partial charge on any atom is -0.494 e. The van der Waals surface area contributed by atoms with E-state index in [1.807, 2.05) is 37.3 Å². The van der Waals surface area contributed by atoms with E-state index in [-0.39, 0.29) is 11.6 Å². The summed E-state index contributed by atoms with van der Waals surface area (Å²) in [6.45, 7) is 2.29. The second kappa shape index (κ2) is 10.1. The first-order chi connectivity index (χ1) is 16.5. The van der Waals surface area contributed by atoms with Gasteiger partial charge in [-0.2, -0.15) is 0 Å². The van der Waals surface area contributed by atoms with Crippen LogP contribution in [0.4, 0.5) is 10.1 Å². The van der Waals surface area contributed by atoms with Crippen LogP contribution in [0.15, 0.2) is 72.9 Å². The number of H-pyrrole nitrogens is 1. The number of anilines is 1. The van der Waals surface area contributed by atoms with Gasteiger partial charge in [-0.1, -0.05) is 30.3 Å². The topological polar surface area (TPSA) is 109 Å². The molecule has 0 bridgehead atoms. The molecule has 8 heteroatoms. The van der Waals surface area contributed by atoms with Gasteiger partial charge < -0.3 is 25.5 Å². The number of nitrogens with one attached hydrogen (secondary N) is 3. The Hall–Kier alpha value is -4.33. The van der Waals surface area contributed by atoms with Crippen molar-refractivity contribution in [3.63, 3.8) is 0 Å². The van der Waals surface area contributed by atoms with Crippen molar-refractivity contribution in [1.82, 2.24) is 9.97 Å². The van der Waals surface area contributed by atoms with Crippen LogP contribution in [0.25, 0.3) is 11.3 Å². The molecule has 3 aromatic carbocycles. The Labute approximate surface area is 197 Å². The van der Waals surface area contributed by atoms with E-state index in [2.05, 4.69) is 15.3 Å². The zero-order chi connectivity index (χ0) is 24.1. The number of hydrogen-bond acceptors (Lipinski definition) is 5. The molecular formula is C26H26FN5O2. The van der Waals surface area contributed by atoms with Gasteiger partial charge in [-0.25, -0.2) is 9.37 Å². The quantitative estimate of drug-likeness (QED) is 0.205. The van der Waals surface area contributed by atoms with E-state index in [1.165, 1.54) is 13.2 Å². The fraction of sp³-hybridized carbons (Fsp3) is 0.154. The van der Waals surface area contributed by atoms with Gasteiger partial charge in [0.1, 0.15) is 23.5 Å². The van der Waals surface area contributed by atoms with E-state index >= 15 is 4.39 Å². The van der Waals surface area contributed by atoms with Crippen molar-refractivity contribution in [3.05, 3.63) is 95.7 Å². The maximum atomic E-state index is 15.5. The predicted molar refractivity (Wildman–Crippen MR) is 131 cm³/mol. The zero-order valence-corrected chi connectivity index (χ0v) is 18.9.